The summed E-state index contributed by atoms with van der Waals surface area (Å²) in [6, 6.07) is 1.78. The second-order valence-corrected chi connectivity index (χ2v) is 3.53. The Labute approximate surface area is 79.2 Å². The quantitative estimate of drug-likeness (QED) is 0.717. The molecular weight excluding hydrogens is 190 g/mol. The molecular formula is C8H8F2N4. The zero-order valence-electron chi connectivity index (χ0n) is 7.32. The molecule has 2 rings (SSSR count). The number of hydrogen-bond donors (Lipinski definition) is 0. The first-order valence-electron chi connectivity index (χ1n) is 4.26. The Morgan fingerprint density at radius 2 is 2.36 bits per heavy atom. The Morgan fingerprint density at radius 3 is 2.86 bits per heavy atom. The van der Waals surface area contributed by atoms with Crippen molar-refractivity contribution in [1.29, 1.82) is 5.26 Å². The third-order valence-corrected chi connectivity index (χ3v) is 2.26. The molecule has 0 atom stereocenters. The lowest BCUT2D eigenvalue weighted by molar-refractivity contribution is -0.114. The lowest BCUT2D eigenvalue weighted by Crippen LogP contribution is -2.37. The molecule has 0 spiro atoms. The van der Waals surface area contributed by atoms with Crippen LogP contribution in [0.25, 0.3) is 0 Å². The largest absolute Gasteiger partial charge is 0.252 e. The molecule has 0 N–H and O–H groups in total. The van der Waals surface area contributed by atoms with Crippen molar-refractivity contribution in [3.63, 3.8) is 0 Å². The Kier molecular flexibility index (Phi) is 1.95. The van der Waals surface area contributed by atoms with Gasteiger partial charge in [-0.2, -0.15) is 5.26 Å². The van der Waals surface area contributed by atoms with Crippen molar-refractivity contribution in [3.05, 3.63) is 12.2 Å². The Bertz CT molecular complexity index is 371. The molecule has 0 amide bonds. The van der Waals surface area contributed by atoms with Gasteiger partial charge in [-0.15, -0.1) is 5.10 Å². The van der Waals surface area contributed by atoms with Crippen LogP contribution in [0, 0.1) is 17.2 Å². The van der Waals surface area contributed by atoms with E-state index in [2.05, 4.69) is 10.1 Å². The summed E-state index contributed by atoms with van der Waals surface area (Å²) >= 11 is 0. The topological polar surface area (TPSA) is 54.5 Å². The Balaban J connectivity index is 1.91. The van der Waals surface area contributed by atoms with Crippen LogP contribution >= 0.6 is 0 Å². The van der Waals surface area contributed by atoms with Gasteiger partial charge in [-0.3, -0.25) is 4.68 Å². The molecule has 0 unspecified atom stereocenters. The molecule has 0 radical (unpaired) electrons. The predicted molar refractivity (Wildman–Crippen MR) is 42.4 cm³/mol. The summed E-state index contributed by atoms with van der Waals surface area (Å²) in [6.45, 7) is 0.421. The van der Waals surface area contributed by atoms with Gasteiger partial charge >= 0.3 is 0 Å². The monoisotopic (exact) mass is 198 g/mol. The molecule has 0 saturated heterocycles. The standard InChI is InChI=1S/C8H8F2N4/c9-8(10)1-6(2-8)4-14-5-12-7(3-11)13-14/h5-6H,1-2,4H2. The molecule has 0 bridgehead atoms. The van der Waals surface area contributed by atoms with Crippen molar-refractivity contribution in [2.45, 2.75) is 25.3 Å². The molecule has 4 nitrogen and oxygen atoms in total. The predicted octanol–water partition coefficient (Wildman–Crippen LogP) is 1.20. The molecule has 1 fully saturated rings. The normalized spacial score (nSPS) is 20.1. The van der Waals surface area contributed by atoms with Crippen molar-refractivity contribution >= 4 is 0 Å². The molecule has 1 heterocycles. The van der Waals surface area contributed by atoms with Crippen molar-refractivity contribution in [2.75, 3.05) is 0 Å². The molecule has 14 heavy (non-hydrogen) atoms. The molecule has 1 aliphatic rings. The number of aromatic nitrogens is 3. The third kappa shape index (κ3) is 1.71. The summed E-state index contributed by atoms with van der Waals surface area (Å²) < 4.78 is 26.4. The van der Waals surface area contributed by atoms with Gasteiger partial charge in [0.15, 0.2) is 0 Å². The minimum absolute atomic E-state index is 0.0433. The second kappa shape index (κ2) is 3.01. The van der Waals surface area contributed by atoms with E-state index in [-0.39, 0.29) is 24.6 Å². The van der Waals surface area contributed by atoms with E-state index in [0.717, 1.165) is 0 Å². The molecule has 1 aromatic heterocycles. The molecule has 6 heteroatoms. The van der Waals surface area contributed by atoms with Crippen LogP contribution in [0.5, 0.6) is 0 Å². The van der Waals surface area contributed by atoms with Crippen LogP contribution in [-0.2, 0) is 6.54 Å². The smallest absolute Gasteiger partial charge is 0.251 e. The second-order valence-electron chi connectivity index (χ2n) is 3.53. The Morgan fingerprint density at radius 1 is 1.64 bits per heavy atom. The highest BCUT2D eigenvalue weighted by Gasteiger charge is 2.45. The summed E-state index contributed by atoms with van der Waals surface area (Å²) in [5.74, 6) is -2.46. The fraction of sp³-hybridized carbons (Fsp3) is 0.625. The summed E-state index contributed by atoms with van der Waals surface area (Å²) in [6.07, 6.45) is 1.22. The van der Waals surface area contributed by atoms with E-state index < -0.39 is 5.92 Å². The fourth-order valence-electron chi connectivity index (χ4n) is 1.61. The van der Waals surface area contributed by atoms with Gasteiger partial charge in [-0.25, -0.2) is 13.8 Å². The maximum absolute atomic E-state index is 12.5. The lowest BCUT2D eigenvalue weighted by atomic mass is 9.81. The first kappa shape index (κ1) is 9.06. The molecule has 74 valence electrons. The van der Waals surface area contributed by atoms with Crippen LogP contribution in [0.2, 0.25) is 0 Å². The van der Waals surface area contributed by atoms with Crippen molar-refractivity contribution in [2.24, 2.45) is 5.92 Å². The molecule has 1 aliphatic carbocycles. The maximum atomic E-state index is 12.5. The first-order valence-corrected chi connectivity index (χ1v) is 4.26. The van der Waals surface area contributed by atoms with E-state index in [4.69, 9.17) is 5.26 Å². The van der Waals surface area contributed by atoms with Gasteiger partial charge < -0.3 is 0 Å². The molecule has 0 aliphatic heterocycles. The van der Waals surface area contributed by atoms with E-state index in [1.165, 1.54) is 11.0 Å². The van der Waals surface area contributed by atoms with E-state index in [1.807, 2.05) is 0 Å². The van der Waals surface area contributed by atoms with Crippen LogP contribution in [0.15, 0.2) is 6.33 Å². The average Bonchev–Trinajstić information content (AvgIpc) is 2.49. The van der Waals surface area contributed by atoms with E-state index in [1.54, 1.807) is 6.07 Å². The highest BCUT2D eigenvalue weighted by molar-refractivity contribution is 5.05. The molecule has 1 aromatic rings. The van der Waals surface area contributed by atoms with Crippen LogP contribution in [0.4, 0.5) is 8.78 Å². The minimum atomic E-state index is -2.50. The SMILES string of the molecule is N#Cc1ncn(CC2CC(F)(F)C2)n1. The van der Waals surface area contributed by atoms with Crippen LogP contribution in [-0.4, -0.2) is 20.7 Å². The van der Waals surface area contributed by atoms with E-state index >= 15 is 0 Å². The van der Waals surface area contributed by atoms with Gasteiger partial charge in [-0.1, -0.05) is 0 Å². The highest BCUT2D eigenvalue weighted by atomic mass is 19.3. The number of alkyl halides is 2. The van der Waals surface area contributed by atoms with Gasteiger partial charge in [0.25, 0.3) is 5.82 Å². The van der Waals surface area contributed by atoms with Gasteiger partial charge in [0.2, 0.25) is 5.92 Å². The number of halogens is 2. The van der Waals surface area contributed by atoms with Crippen LogP contribution < -0.4 is 0 Å². The molecule has 1 saturated carbocycles. The van der Waals surface area contributed by atoms with E-state index in [0.29, 0.717) is 6.54 Å². The Hall–Kier alpha value is -1.51. The fourth-order valence-corrected chi connectivity index (χ4v) is 1.61. The first-order chi connectivity index (χ1) is 6.59. The zero-order valence-corrected chi connectivity index (χ0v) is 7.32. The summed E-state index contributed by atoms with van der Waals surface area (Å²) in [7, 11) is 0. The highest BCUT2D eigenvalue weighted by Crippen LogP contribution is 2.42. The maximum Gasteiger partial charge on any atom is 0.252 e. The minimum Gasteiger partial charge on any atom is -0.251 e. The van der Waals surface area contributed by atoms with E-state index in [9.17, 15) is 8.78 Å². The van der Waals surface area contributed by atoms with Gasteiger partial charge in [0.1, 0.15) is 12.4 Å². The van der Waals surface area contributed by atoms with Crippen molar-refractivity contribution in [1.82, 2.24) is 14.8 Å². The number of hydrogen-bond acceptors (Lipinski definition) is 3. The number of nitrogens with zero attached hydrogens (tertiary/aromatic N) is 4. The molecule has 0 aromatic carbocycles. The van der Waals surface area contributed by atoms with Crippen molar-refractivity contribution in [3.8, 4) is 6.07 Å². The van der Waals surface area contributed by atoms with Crippen LogP contribution in [0.1, 0.15) is 18.7 Å². The number of nitriles is 1. The van der Waals surface area contributed by atoms with Crippen molar-refractivity contribution < 1.29 is 8.78 Å². The van der Waals surface area contributed by atoms with Gasteiger partial charge in [0.05, 0.1) is 0 Å². The van der Waals surface area contributed by atoms with Gasteiger partial charge in [0, 0.05) is 19.4 Å². The van der Waals surface area contributed by atoms with Crippen LogP contribution in [0.3, 0.4) is 0 Å². The lowest BCUT2D eigenvalue weighted by Gasteiger charge is -2.34. The van der Waals surface area contributed by atoms with Gasteiger partial charge in [-0.05, 0) is 5.92 Å². The average molecular weight is 198 g/mol. The summed E-state index contributed by atoms with van der Waals surface area (Å²) in [5, 5.41) is 12.2. The number of rotatable bonds is 2. The zero-order chi connectivity index (χ0) is 10.2. The third-order valence-electron chi connectivity index (χ3n) is 2.26. The summed E-state index contributed by atoms with van der Waals surface area (Å²) in [4.78, 5) is 3.69. The summed E-state index contributed by atoms with van der Waals surface area (Å²) in [5.41, 5.74) is 0.